The highest BCUT2D eigenvalue weighted by Gasteiger charge is 2.23. The van der Waals surface area contributed by atoms with Gasteiger partial charge in [-0.25, -0.2) is 13.6 Å². The number of benzene rings is 1. The van der Waals surface area contributed by atoms with Crippen molar-refractivity contribution in [1.29, 1.82) is 0 Å². The van der Waals surface area contributed by atoms with Crippen LogP contribution in [0.15, 0.2) is 47.4 Å². The summed E-state index contributed by atoms with van der Waals surface area (Å²) in [6, 6.07) is 5.84. The number of hydrogen-bond acceptors (Lipinski definition) is 4. The molecule has 1 aromatic rings. The second-order valence-corrected chi connectivity index (χ2v) is 5.80. The van der Waals surface area contributed by atoms with Gasteiger partial charge >= 0.3 is 0 Å². The minimum absolute atomic E-state index is 0.00429. The number of carbonyl (C=O) groups is 1. The van der Waals surface area contributed by atoms with Gasteiger partial charge in [0.2, 0.25) is 10.0 Å². The van der Waals surface area contributed by atoms with Gasteiger partial charge in [-0.1, -0.05) is 30.4 Å². The molecule has 0 aliphatic heterocycles. The van der Waals surface area contributed by atoms with E-state index in [0.29, 0.717) is 17.4 Å². The largest absolute Gasteiger partial charge is 0.387 e. The maximum Gasteiger partial charge on any atom is 0.238 e. The van der Waals surface area contributed by atoms with E-state index < -0.39 is 22.0 Å². The summed E-state index contributed by atoms with van der Waals surface area (Å²) in [6.45, 7) is 0. The lowest BCUT2D eigenvalue weighted by molar-refractivity contribution is -0.111. The van der Waals surface area contributed by atoms with Crippen LogP contribution in [0.3, 0.4) is 0 Å². The summed E-state index contributed by atoms with van der Waals surface area (Å²) in [7, 11) is -3.73. The molecule has 3 N–H and O–H groups in total. The first kappa shape index (κ1) is 13.7. The molecule has 19 heavy (non-hydrogen) atoms. The van der Waals surface area contributed by atoms with Gasteiger partial charge in [-0.2, -0.15) is 0 Å². The summed E-state index contributed by atoms with van der Waals surface area (Å²) in [5.41, 5.74) is 1.22. The average Bonchev–Trinajstić information content (AvgIpc) is 2.38. The minimum Gasteiger partial charge on any atom is -0.387 e. The second kappa shape index (κ2) is 5.08. The predicted molar refractivity (Wildman–Crippen MR) is 70.5 cm³/mol. The van der Waals surface area contributed by atoms with Gasteiger partial charge in [-0.3, -0.25) is 0 Å². The first-order valence-corrected chi connectivity index (χ1v) is 7.13. The van der Waals surface area contributed by atoms with Crippen LogP contribution in [0.5, 0.6) is 0 Å². The number of aliphatic hydroxyl groups excluding tert-OH is 1. The Labute approximate surface area is 111 Å². The molecule has 5 nitrogen and oxygen atoms in total. The predicted octanol–water partition coefficient (Wildman–Crippen LogP) is 0.463. The number of sulfonamides is 1. The number of allylic oxidation sites excluding steroid dienone is 2. The molecule has 0 aromatic heterocycles. The number of aliphatic hydroxyl groups is 1. The topological polar surface area (TPSA) is 97.5 Å². The fraction of sp³-hybridized carbons (Fsp3) is 0.154. The first-order chi connectivity index (χ1) is 8.93. The Morgan fingerprint density at radius 1 is 1.21 bits per heavy atom. The molecule has 6 heteroatoms. The summed E-state index contributed by atoms with van der Waals surface area (Å²) >= 11 is 0. The van der Waals surface area contributed by atoms with E-state index in [1.807, 2.05) is 0 Å². The van der Waals surface area contributed by atoms with Gasteiger partial charge in [0.25, 0.3) is 0 Å². The van der Waals surface area contributed by atoms with Crippen LogP contribution in [-0.2, 0) is 14.8 Å². The van der Waals surface area contributed by atoms with Crippen LogP contribution >= 0.6 is 0 Å². The molecular weight excluding hydrogens is 266 g/mol. The fourth-order valence-electron chi connectivity index (χ4n) is 1.92. The maximum atomic E-state index is 11.1. The third-order valence-corrected chi connectivity index (χ3v) is 3.89. The molecule has 1 aliphatic rings. The zero-order chi connectivity index (χ0) is 14.0. The lowest BCUT2D eigenvalue weighted by Gasteiger charge is -2.21. The van der Waals surface area contributed by atoms with Gasteiger partial charge in [0.05, 0.1) is 16.9 Å². The van der Waals surface area contributed by atoms with Crippen LogP contribution in [0.4, 0.5) is 0 Å². The summed E-state index contributed by atoms with van der Waals surface area (Å²) in [4.78, 5) is 10.8. The molecule has 0 heterocycles. The van der Waals surface area contributed by atoms with Crippen molar-refractivity contribution < 1.29 is 18.3 Å². The molecule has 0 saturated heterocycles. The maximum absolute atomic E-state index is 11.1. The van der Waals surface area contributed by atoms with Crippen molar-refractivity contribution >= 4 is 21.9 Å². The van der Waals surface area contributed by atoms with E-state index in [4.69, 9.17) is 5.14 Å². The Morgan fingerprint density at radius 2 is 1.84 bits per heavy atom. The van der Waals surface area contributed by atoms with E-state index >= 15 is 0 Å². The fourth-order valence-corrected chi connectivity index (χ4v) is 2.44. The van der Waals surface area contributed by atoms with Crippen molar-refractivity contribution in [2.75, 3.05) is 0 Å². The van der Waals surface area contributed by atoms with Crippen molar-refractivity contribution in [3.05, 3.63) is 48.1 Å². The summed E-state index contributed by atoms with van der Waals surface area (Å²) in [5.74, 6) is -0.585. The monoisotopic (exact) mass is 279 g/mol. The minimum atomic E-state index is -3.73. The van der Waals surface area contributed by atoms with Crippen LogP contribution in [-0.4, -0.2) is 25.9 Å². The van der Waals surface area contributed by atoms with Crippen LogP contribution in [0.1, 0.15) is 5.56 Å². The Hall–Kier alpha value is -1.76. The third kappa shape index (κ3) is 2.81. The second-order valence-electron chi connectivity index (χ2n) is 4.23. The zero-order valence-electron chi connectivity index (χ0n) is 9.93. The van der Waals surface area contributed by atoms with Crippen LogP contribution in [0.25, 0.3) is 5.57 Å². The number of rotatable bonds is 3. The molecular formula is C13H13NO4S. The molecule has 0 saturated carbocycles. The van der Waals surface area contributed by atoms with Gasteiger partial charge < -0.3 is 9.90 Å². The summed E-state index contributed by atoms with van der Waals surface area (Å²) in [5, 5.41) is 15.0. The third-order valence-electron chi connectivity index (χ3n) is 2.97. The first-order valence-electron chi connectivity index (χ1n) is 5.58. The van der Waals surface area contributed by atoms with Gasteiger partial charge in [0.1, 0.15) is 6.29 Å². The van der Waals surface area contributed by atoms with Crippen molar-refractivity contribution in [2.24, 2.45) is 11.1 Å². The van der Waals surface area contributed by atoms with Crippen molar-refractivity contribution in [1.82, 2.24) is 0 Å². The average molecular weight is 279 g/mol. The molecule has 100 valence electrons. The number of primary sulfonamides is 1. The van der Waals surface area contributed by atoms with Gasteiger partial charge in [-0.15, -0.1) is 0 Å². The molecule has 0 bridgehead atoms. The highest BCUT2D eigenvalue weighted by molar-refractivity contribution is 7.89. The zero-order valence-corrected chi connectivity index (χ0v) is 10.7. The molecule has 2 atom stereocenters. The van der Waals surface area contributed by atoms with Gasteiger partial charge in [0, 0.05) is 0 Å². The van der Waals surface area contributed by atoms with E-state index in [-0.39, 0.29) is 4.90 Å². The molecule has 0 radical (unpaired) electrons. The molecule has 0 spiro atoms. The van der Waals surface area contributed by atoms with E-state index in [1.54, 1.807) is 30.4 Å². The highest BCUT2D eigenvalue weighted by Crippen LogP contribution is 2.27. The molecule has 1 unspecified atom stereocenters. The van der Waals surface area contributed by atoms with Gasteiger partial charge in [-0.05, 0) is 23.3 Å². The normalized spacial score (nSPS) is 22.9. The quantitative estimate of drug-likeness (QED) is 0.785. The molecule has 0 amide bonds. The molecule has 0 fully saturated rings. The number of hydrogen-bond donors (Lipinski definition) is 2. The number of nitrogens with two attached hydrogens (primary N) is 1. The SMILES string of the molecule is NS(=O)(=O)c1ccc(C2=CC=CC(C=O)[C@H]2O)cc1. The van der Waals surface area contributed by atoms with Crippen LogP contribution in [0.2, 0.25) is 0 Å². The number of carbonyl (C=O) groups excluding carboxylic acids is 1. The van der Waals surface area contributed by atoms with Crippen LogP contribution < -0.4 is 5.14 Å². The lowest BCUT2D eigenvalue weighted by atomic mass is 9.88. The molecule has 2 rings (SSSR count). The highest BCUT2D eigenvalue weighted by atomic mass is 32.2. The smallest absolute Gasteiger partial charge is 0.238 e. The van der Waals surface area contributed by atoms with Crippen molar-refractivity contribution in [3.8, 4) is 0 Å². The van der Waals surface area contributed by atoms with Crippen molar-refractivity contribution in [2.45, 2.75) is 11.0 Å². The van der Waals surface area contributed by atoms with Crippen molar-refractivity contribution in [3.63, 3.8) is 0 Å². The Balaban J connectivity index is 2.36. The van der Waals surface area contributed by atoms with E-state index in [0.717, 1.165) is 0 Å². The lowest BCUT2D eigenvalue weighted by Crippen LogP contribution is -2.23. The van der Waals surface area contributed by atoms with E-state index in [2.05, 4.69) is 0 Å². The van der Waals surface area contributed by atoms with E-state index in [9.17, 15) is 18.3 Å². The standard InChI is InChI=1S/C13H13NO4S/c14-19(17,18)11-6-4-9(5-7-11)12-3-1-2-10(8-15)13(12)16/h1-8,10,13,16H,(H2,14,17,18)/t10?,13-/m1/s1. The van der Waals surface area contributed by atoms with Crippen LogP contribution in [0, 0.1) is 5.92 Å². The molecule has 1 aliphatic carbocycles. The Kier molecular flexibility index (Phi) is 3.66. The summed E-state index contributed by atoms with van der Waals surface area (Å²) < 4.78 is 22.3. The van der Waals surface area contributed by atoms with Gasteiger partial charge in [0.15, 0.2) is 0 Å². The molecule has 1 aromatic carbocycles. The Morgan fingerprint density at radius 3 is 2.37 bits per heavy atom. The number of aldehydes is 1. The summed E-state index contributed by atoms with van der Waals surface area (Å²) in [6.07, 6.45) is 4.74. The van der Waals surface area contributed by atoms with E-state index in [1.165, 1.54) is 12.1 Å². The Bertz CT molecular complexity index is 644.